The minimum Gasteiger partial charge on any atom is -0.462 e. The lowest BCUT2D eigenvalue weighted by molar-refractivity contribution is 0.0526. The molecule has 0 saturated heterocycles. The summed E-state index contributed by atoms with van der Waals surface area (Å²) in [5.41, 5.74) is 7.67. The molecule has 106 valence electrons. The van der Waals surface area contributed by atoms with Crippen LogP contribution in [0.5, 0.6) is 0 Å². The van der Waals surface area contributed by atoms with Gasteiger partial charge >= 0.3 is 5.97 Å². The largest absolute Gasteiger partial charge is 0.462 e. The van der Waals surface area contributed by atoms with E-state index >= 15 is 0 Å². The molecule has 0 spiro atoms. The molecule has 0 aliphatic heterocycles. The van der Waals surface area contributed by atoms with E-state index in [9.17, 15) is 4.79 Å². The van der Waals surface area contributed by atoms with E-state index in [1.165, 1.54) is 0 Å². The highest BCUT2D eigenvalue weighted by Gasteiger charge is 2.10. The van der Waals surface area contributed by atoms with Gasteiger partial charge in [-0.25, -0.2) is 4.79 Å². The minimum absolute atomic E-state index is 0.0793. The molecule has 19 heavy (non-hydrogen) atoms. The molecule has 1 rings (SSSR count). The summed E-state index contributed by atoms with van der Waals surface area (Å²) in [5, 5.41) is 3.18. The lowest BCUT2D eigenvalue weighted by Crippen LogP contribution is -2.20. The summed E-state index contributed by atoms with van der Waals surface area (Å²) in [6, 6.07) is 5.05. The maximum absolute atomic E-state index is 11.6. The maximum Gasteiger partial charge on any atom is 0.338 e. The van der Waals surface area contributed by atoms with Crippen molar-refractivity contribution < 1.29 is 14.3 Å². The molecule has 3 N–H and O–H groups in total. The fourth-order valence-electron chi connectivity index (χ4n) is 1.65. The van der Waals surface area contributed by atoms with E-state index in [0.29, 0.717) is 31.0 Å². The third-order valence-electron chi connectivity index (χ3n) is 2.60. The molecule has 0 amide bonds. The molecule has 0 radical (unpaired) electrons. The maximum atomic E-state index is 11.6. The first kappa shape index (κ1) is 15.3. The Hall–Kier alpha value is -1.75. The number of anilines is 2. The van der Waals surface area contributed by atoms with Gasteiger partial charge in [0, 0.05) is 13.2 Å². The molecule has 0 heterocycles. The standard InChI is InChI=1S/C14H22N2O3/c1-4-18-10(3)9-16-13-8-11(6-7-12(13)15)14(17)19-5-2/h6-8,10,16H,4-5,9,15H2,1-3H3. The second-order valence-corrected chi connectivity index (χ2v) is 4.17. The number of carbonyl (C=O) groups excluding carboxylic acids is 1. The molecule has 0 fully saturated rings. The summed E-state index contributed by atoms with van der Waals surface area (Å²) >= 11 is 0. The van der Waals surface area contributed by atoms with E-state index in [1.807, 2.05) is 13.8 Å². The van der Waals surface area contributed by atoms with E-state index < -0.39 is 0 Å². The van der Waals surface area contributed by atoms with E-state index in [2.05, 4.69) is 5.32 Å². The van der Waals surface area contributed by atoms with Gasteiger partial charge in [0.15, 0.2) is 0 Å². The number of nitrogen functional groups attached to an aromatic ring is 1. The lowest BCUT2D eigenvalue weighted by Gasteiger charge is -2.15. The number of hydrogen-bond acceptors (Lipinski definition) is 5. The highest BCUT2D eigenvalue weighted by atomic mass is 16.5. The van der Waals surface area contributed by atoms with Gasteiger partial charge in [-0.1, -0.05) is 0 Å². The van der Waals surface area contributed by atoms with Crippen LogP contribution in [-0.2, 0) is 9.47 Å². The average Bonchev–Trinajstić information content (AvgIpc) is 2.38. The minimum atomic E-state index is -0.344. The predicted octanol–water partition coefficient (Wildman–Crippen LogP) is 2.28. The SMILES string of the molecule is CCOC(=O)c1ccc(N)c(NCC(C)OCC)c1. The van der Waals surface area contributed by atoms with Crippen molar-refractivity contribution in [1.29, 1.82) is 0 Å². The van der Waals surface area contributed by atoms with Crippen molar-refractivity contribution >= 4 is 17.3 Å². The first-order valence-electron chi connectivity index (χ1n) is 6.50. The lowest BCUT2D eigenvalue weighted by atomic mass is 10.1. The Morgan fingerprint density at radius 2 is 2.11 bits per heavy atom. The Balaban J connectivity index is 2.71. The van der Waals surface area contributed by atoms with Crippen molar-refractivity contribution in [3.8, 4) is 0 Å². The number of ether oxygens (including phenoxy) is 2. The van der Waals surface area contributed by atoms with E-state index in [-0.39, 0.29) is 12.1 Å². The molecule has 5 nitrogen and oxygen atoms in total. The second kappa shape index (κ2) is 7.63. The molecule has 1 aromatic rings. The van der Waals surface area contributed by atoms with Gasteiger partial charge in [-0.2, -0.15) is 0 Å². The average molecular weight is 266 g/mol. The third kappa shape index (κ3) is 4.79. The molecule has 0 saturated carbocycles. The Morgan fingerprint density at radius 1 is 1.37 bits per heavy atom. The van der Waals surface area contributed by atoms with Crippen molar-refractivity contribution in [2.75, 3.05) is 30.8 Å². The summed E-state index contributed by atoms with van der Waals surface area (Å²) in [4.78, 5) is 11.6. The fourth-order valence-corrected chi connectivity index (χ4v) is 1.65. The summed E-state index contributed by atoms with van der Waals surface area (Å²) in [7, 11) is 0. The number of hydrogen-bond donors (Lipinski definition) is 2. The van der Waals surface area contributed by atoms with Crippen LogP contribution in [0.4, 0.5) is 11.4 Å². The van der Waals surface area contributed by atoms with Gasteiger partial charge in [0.1, 0.15) is 0 Å². The molecule has 0 aromatic heterocycles. The van der Waals surface area contributed by atoms with Crippen molar-refractivity contribution in [2.24, 2.45) is 0 Å². The van der Waals surface area contributed by atoms with E-state index in [0.717, 1.165) is 5.69 Å². The molecule has 1 unspecified atom stereocenters. The molecule has 0 aliphatic rings. The third-order valence-corrected chi connectivity index (χ3v) is 2.60. The zero-order valence-electron chi connectivity index (χ0n) is 11.7. The molecule has 0 aliphatic carbocycles. The molecular weight excluding hydrogens is 244 g/mol. The van der Waals surface area contributed by atoms with Gasteiger partial charge in [0.25, 0.3) is 0 Å². The Bertz CT molecular complexity index is 421. The van der Waals surface area contributed by atoms with Crippen molar-refractivity contribution in [1.82, 2.24) is 0 Å². The van der Waals surface area contributed by atoms with Crippen LogP contribution in [0.1, 0.15) is 31.1 Å². The van der Waals surface area contributed by atoms with Crippen molar-refractivity contribution in [3.63, 3.8) is 0 Å². The first-order valence-corrected chi connectivity index (χ1v) is 6.50. The van der Waals surface area contributed by atoms with E-state index in [4.69, 9.17) is 15.2 Å². The number of rotatable bonds is 7. The number of carbonyl (C=O) groups is 1. The zero-order chi connectivity index (χ0) is 14.3. The van der Waals surface area contributed by atoms with Crippen molar-refractivity contribution in [2.45, 2.75) is 26.9 Å². The number of nitrogens with two attached hydrogens (primary N) is 1. The summed E-state index contributed by atoms with van der Waals surface area (Å²) in [6.07, 6.45) is 0.0793. The van der Waals surface area contributed by atoms with Crippen molar-refractivity contribution in [3.05, 3.63) is 23.8 Å². The quantitative estimate of drug-likeness (QED) is 0.585. The molecular formula is C14H22N2O3. The number of benzene rings is 1. The van der Waals surface area contributed by atoms with Crippen LogP contribution in [0.2, 0.25) is 0 Å². The fraction of sp³-hybridized carbons (Fsp3) is 0.500. The Morgan fingerprint density at radius 3 is 2.74 bits per heavy atom. The van der Waals surface area contributed by atoms with Crippen LogP contribution in [0.3, 0.4) is 0 Å². The van der Waals surface area contributed by atoms with Crippen LogP contribution in [0.15, 0.2) is 18.2 Å². The summed E-state index contributed by atoms with van der Waals surface area (Å²) in [6.45, 7) is 7.35. The van der Waals surface area contributed by atoms with Gasteiger partial charge < -0.3 is 20.5 Å². The normalized spacial score (nSPS) is 11.9. The number of esters is 1. The highest BCUT2D eigenvalue weighted by Crippen LogP contribution is 2.20. The number of nitrogens with one attached hydrogen (secondary N) is 1. The molecule has 1 aromatic carbocycles. The zero-order valence-corrected chi connectivity index (χ0v) is 11.7. The second-order valence-electron chi connectivity index (χ2n) is 4.17. The Kier molecular flexibility index (Phi) is 6.15. The summed E-state index contributed by atoms with van der Waals surface area (Å²) in [5.74, 6) is -0.344. The molecule has 5 heteroatoms. The smallest absolute Gasteiger partial charge is 0.338 e. The predicted molar refractivity (Wildman–Crippen MR) is 76.4 cm³/mol. The van der Waals surface area contributed by atoms with Crippen LogP contribution in [0, 0.1) is 0 Å². The Labute approximate surface area is 114 Å². The monoisotopic (exact) mass is 266 g/mol. The van der Waals surface area contributed by atoms with Gasteiger partial charge in [-0.3, -0.25) is 0 Å². The topological polar surface area (TPSA) is 73.6 Å². The van der Waals surface area contributed by atoms with E-state index in [1.54, 1.807) is 25.1 Å². The molecule has 0 bridgehead atoms. The van der Waals surface area contributed by atoms with Crippen LogP contribution in [-0.4, -0.2) is 31.8 Å². The van der Waals surface area contributed by atoms with Gasteiger partial charge in [0.05, 0.1) is 29.6 Å². The highest BCUT2D eigenvalue weighted by molar-refractivity contribution is 5.92. The van der Waals surface area contributed by atoms with Crippen LogP contribution >= 0.6 is 0 Å². The van der Waals surface area contributed by atoms with Crippen LogP contribution in [0.25, 0.3) is 0 Å². The van der Waals surface area contributed by atoms with Crippen LogP contribution < -0.4 is 11.1 Å². The molecule has 1 atom stereocenters. The van der Waals surface area contributed by atoms with Gasteiger partial charge in [-0.15, -0.1) is 0 Å². The summed E-state index contributed by atoms with van der Waals surface area (Å²) < 4.78 is 10.4. The van der Waals surface area contributed by atoms with Gasteiger partial charge in [-0.05, 0) is 39.0 Å². The van der Waals surface area contributed by atoms with Gasteiger partial charge in [0.2, 0.25) is 0 Å². The first-order chi connectivity index (χ1) is 9.08.